The molecule has 6 rings (SSSR count). The minimum Gasteiger partial charge on any atom is -0.495 e. The minimum absolute atomic E-state index is 0.144. The fourth-order valence-electron chi connectivity index (χ4n) is 5.15. The number of carbonyl (C=O) groups is 1. The maximum absolute atomic E-state index is 13.2. The molecule has 0 saturated heterocycles. The Kier molecular flexibility index (Phi) is 5.64. The van der Waals surface area contributed by atoms with E-state index < -0.39 is 12.7 Å². The highest BCUT2D eigenvalue weighted by Crippen LogP contribution is 2.36. The number of aryl methyl sites for hydroxylation is 1. The van der Waals surface area contributed by atoms with Crippen molar-refractivity contribution in [2.75, 3.05) is 26.9 Å². The Morgan fingerprint density at radius 2 is 2.14 bits per heavy atom. The second-order valence-electron chi connectivity index (χ2n) is 9.25. The average Bonchev–Trinajstić information content (AvgIpc) is 3.63. The van der Waals surface area contributed by atoms with Gasteiger partial charge in [-0.25, -0.2) is 9.37 Å². The number of rotatable bonds is 7. The van der Waals surface area contributed by atoms with Gasteiger partial charge < -0.3 is 28.9 Å². The summed E-state index contributed by atoms with van der Waals surface area (Å²) in [6.07, 6.45) is 1.98. The van der Waals surface area contributed by atoms with Gasteiger partial charge in [0.1, 0.15) is 19.0 Å². The van der Waals surface area contributed by atoms with Crippen LogP contribution in [-0.2, 0) is 20.0 Å². The van der Waals surface area contributed by atoms with Gasteiger partial charge in [-0.05, 0) is 36.2 Å². The molecule has 0 aliphatic carbocycles. The van der Waals surface area contributed by atoms with Gasteiger partial charge in [-0.2, -0.15) is 0 Å². The second kappa shape index (κ2) is 9.00. The van der Waals surface area contributed by atoms with Gasteiger partial charge in [0, 0.05) is 31.1 Å². The number of nitrogens with two attached hydrogens (primary N) is 1. The van der Waals surface area contributed by atoms with Crippen molar-refractivity contribution in [1.82, 2.24) is 29.2 Å². The number of methoxy groups -OCH3 is 1. The minimum atomic E-state index is -0.687. The fourth-order valence-corrected chi connectivity index (χ4v) is 5.15. The predicted molar refractivity (Wildman–Crippen MR) is 135 cm³/mol. The molecular weight excluding hydrogens is 477 g/mol. The first-order chi connectivity index (χ1) is 18.0. The molecule has 190 valence electrons. The van der Waals surface area contributed by atoms with Crippen molar-refractivity contribution in [2.45, 2.75) is 19.0 Å². The third-order valence-electron chi connectivity index (χ3n) is 6.96. The van der Waals surface area contributed by atoms with E-state index in [4.69, 9.17) is 19.9 Å². The number of nitrogens with zero attached hydrogens (tertiary/aromatic N) is 6. The molecule has 0 saturated carbocycles. The summed E-state index contributed by atoms with van der Waals surface area (Å²) in [5.41, 5.74) is 10.6. The first-order valence-corrected chi connectivity index (χ1v) is 12.0. The number of imidazole rings is 1. The molecular formula is C26H26FN7O3. The SMILES string of the molecule is COc1cccc2cc(-c3nc4cc5c(cc4n3C)CCN(C[C@H](N)CF)C5=O)n(Cc3nnco3)c12. The van der Waals surface area contributed by atoms with Gasteiger partial charge in [-0.3, -0.25) is 4.79 Å². The van der Waals surface area contributed by atoms with Crippen molar-refractivity contribution in [3.05, 3.63) is 59.8 Å². The molecule has 0 unspecified atom stereocenters. The van der Waals surface area contributed by atoms with Crippen LogP contribution < -0.4 is 10.5 Å². The van der Waals surface area contributed by atoms with E-state index in [0.717, 1.165) is 39.3 Å². The average molecular weight is 504 g/mol. The van der Waals surface area contributed by atoms with Crippen molar-refractivity contribution in [2.24, 2.45) is 12.8 Å². The third-order valence-corrected chi connectivity index (χ3v) is 6.96. The molecule has 2 N–H and O–H groups in total. The summed E-state index contributed by atoms with van der Waals surface area (Å²) >= 11 is 0. The Hall–Kier alpha value is -4.25. The second-order valence-corrected chi connectivity index (χ2v) is 9.25. The number of alkyl halides is 1. The highest BCUT2D eigenvalue weighted by Gasteiger charge is 2.28. The first kappa shape index (κ1) is 23.2. The zero-order valence-corrected chi connectivity index (χ0v) is 20.5. The molecule has 0 radical (unpaired) electrons. The Labute approximate surface area is 211 Å². The number of hydrogen-bond donors (Lipinski definition) is 1. The maximum Gasteiger partial charge on any atom is 0.254 e. The number of para-hydroxylation sites is 1. The van der Waals surface area contributed by atoms with Crippen LogP contribution in [0.5, 0.6) is 5.75 Å². The number of carbonyl (C=O) groups excluding carboxylic acids is 1. The predicted octanol–water partition coefficient (Wildman–Crippen LogP) is 2.93. The Balaban J connectivity index is 1.49. The van der Waals surface area contributed by atoms with Gasteiger partial charge >= 0.3 is 0 Å². The first-order valence-electron chi connectivity index (χ1n) is 12.0. The molecule has 11 heteroatoms. The normalized spacial score (nSPS) is 14.5. The van der Waals surface area contributed by atoms with Crippen molar-refractivity contribution in [1.29, 1.82) is 0 Å². The number of aromatic nitrogens is 5. The molecule has 1 amide bonds. The van der Waals surface area contributed by atoms with Gasteiger partial charge in [-0.15, -0.1) is 10.2 Å². The standard InChI is InChI=1S/C26H26FN7O3/c1-32-20-8-15-6-7-33(12-17(28)11-27)26(35)18(15)10-19(20)30-25(32)21-9-16-4-3-5-22(36-2)24(16)34(21)13-23-31-29-14-37-23/h3-5,8-10,14,17H,6-7,11-13,28H2,1-2H3/t17-/m1/s1. The molecule has 0 fully saturated rings. The van der Waals surface area contributed by atoms with Crippen molar-refractivity contribution >= 4 is 27.8 Å². The van der Waals surface area contributed by atoms with Crippen molar-refractivity contribution in [3.63, 3.8) is 0 Å². The highest BCUT2D eigenvalue weighted by atomic mass is 19.1. The van der Waals surface area contributed by atoms with Crippen molar-refractivity contribution < 1.29 is 18.3 Å². The molecule has 1 aliphatic rings. The van der Waals surface area contributed by atoms with E-state index in [-0.39, 0.29) is 12.5 Å². The van der Waals surface area contributed by atoms with E-state index in [9.17, 15) is 9.18 Å². The van der Waals surface area contributed by atoms with Crippen LogP contribution in [0.15, 0.2) is 47.2 Å². The molecule has 2 aromatic carbocycles. The number of ether oxygens (including phenoxy) is 1. The zero-order valence-electron chi connectivity index (χ0n) is 20.5. The van der Waals surface area contributed by atoms with Gasteiger partial charge in [0.2, 0.25) is 12.3 Å². The van der Waals surface area contributed by atoms with Crippen LogP contribution in [0.3, 0.4) is 0 Å². The molecule has 4 heterocycles. The Morgan fingerprint density at radius 3 is 2.89 bits per heavy atom. The summed E-state index contributed by atoms with van der Waals surface area (Å²) in [5.74, 6) is 1.75. The fraction of sp³-hybridized carbons (Fsp3) is 0.308. The third kappa shape index (κ3) is 3.82. The van der Waals surface area contributed by atoms with Crippen molar-refractivity contribution in [3.8, 4) is 17.3 Å². The maximum atomic E-state index is 13.2. The van der Waals surface area contributed by atoms with E-state index in [2.05, 4.69) is 16.3 Å². The molecule has 1 aliphatic heterocycles. The summed E-state index contributed by atoms with van der Waals surface area (Å²) in [5, 5.41) is 8.86. The molecule has 3 aromatic heterocycles. The van der Waals surface area contributed by atoms with Crippen LogP contribution in [0.25, 0.3) is 33.5 Å². The number of fused-ring (bicyclic) bond motifs is 3. The van der Waals surface area contributed by atoms with Crippen LogP contribution in [0, 0.1) is 0 Å². The summed E-state index contributed by atoms with van der Waals surface area (Å²) in [6.45, 7) is 0.370. The smallest absolute Gasteiger partial charge is 0.254 e. The number of halogens is 1. The Bertz CT molecular complexity index is 1620. The van der Waals surface area contributed by atoms with E-state index in [1.807, 2.05) is 46.5 Å². The molecule has 1 atom stereocenters. The van der Waals surface area contributed by atoms with E-state index in [0.29, 0.717) is 36.5 Å². The number of amides is 1. The lowest BCUT2D eigenvalue weighted by Crippen LogP contribution is -2.45. The molecule has 0 spiro atoms. The molecule has 5 aromatic rings. The summed E-state index contributed by atoms with van der Waals surface area (Å²) in [6, 6.07) is 11.1. The number of hydrogen-bond acceptors (Lipinski definition) is 7. The summed E-state index contributed by atoms with van der Waals surface area (Å²) < 4.78 is 28.1. The van der Waals surface area contributed by atoms with Gasteiger partial charge in [0.05, 0.1) is 35.4 Å². The van der Waals surface area contributed by atoms with Crippen LogP contribution in [0.1, 0.15) is 21.8 Å². The summed E-state index contributed by atoms with van der Waals surface area (Å²) in [7, 11) is 3.60. The van der Waals surface area contributed by atoms with Crippen LogP contribution >= 0.6 is 0 Å². The lowest BCUT2D eigenvalue weighted by Gasteiger charge is -2.30. The van der Waals surface area contributed by atoms with E-state index in [1.54, 1.807) is 12.0 Å². The monoisotopic (exact) mass is 503 g/mol. The van der Waals surface area contributed by atoms with Crippen LogP contribution in [0.4, 0.5) is 4.39 Å². The topological polar surface area (TPSA) is 117 Å². The molecule has 10 nitrogen and oxygen atoms in total. The van der Waals surface area contributed by atoms with E-state index in [1.165, 1.54) is 6.39 Å². The van der Waals surface area contributed by atoms with Gasteiger partial charge in [-0.1, -0.05) is 12.1 Å². The number of benzene rings is 2. The summed E-state index contributed by atoms with van der Waals surface area (Å²) in [4.78, 5) is 19.7. The Morgan fingerprint density at radius 1 is 1.27 bits per heavy atom. The van der Waals surface area contributed by atoms with Gasteiger partial charge in [0.25, 0.3) is 5.91 Å². The van der Waals surface area contributed by atoms with Crippen LogP contribution in [0.2, 0.25) is 0 Å². The zero-order chi connectivity index (χ0) is 25.7. The molecule has 37 heavy (non-hydrogen) atoms. The lowest BCUT2D eigenvalue weighted by molar-refractivity contribution is 0.0725. The highest BCUT2D eigenvalue weighted by molar-refractivity contribution is 6.01. The molecule has 0 bridgehead atoms. The van der Waals surface area contributed by atoms with Crippen LogP contribution in [-0.4, -0.2) is 68.0 Å². The van der Waals surface area contributed by atoms with Gasteiger partial charge in [0.15, 0.2) is 5.82 Å². The van der Waals surface area contributed by atoms with E-state index >= 15 is 0 Å². The largest absolute Gasteiger partial charge is 0.495 e. The lowest BCUT2D eigenvalue weighted by atomic mass is 9.97. The quantitative estimate of drug-likeness (QED) is 0.363.